The Balaban J connectivity index is 3.11. The molecule has 0 bridgehead atoms. The third-order valence-electron chi connectivity index (χ3n) is 3.40. The highest BCUT2D eigenvalue weighted by Gasteiger charge is 2.25. The number of benzene rings is 1. The summed E-state index contributed by atoms with van der Waals surface area (Å²) < 4.78 is 23.2. The molecule has 0 saturated heterocycles. The summed E-state index contributed by atoms with van der Waals surface area (Å²) >= 11 is 5.83. The second kappa shape index (κ2) is 7.11. The van der Waals surface area contributed by atoms with Crippen LogP contribution < -0.4 is 11.1 Å². The zero-order chi connectivity index (χ0) is 17.1. The first-order chi connectivity index (χ1) is 10.1. The van der Waals surface area contributed by atoms with Gasteiger partial charge in [0.2, 0.25) is 5.91 Å². The van der Waals surface area contributed by atoms with E-state index in [-0.39, 0.29) is 21.4 Å². The van der Waals surface area contributed by atoms with Gasteiger partial charge in [0.1, 0.15) is 6.04 Å². The molecular formula is C14H19ClN2O4S. The lowest BCUT2D eigenvalue weighted by Crippen LogP contribution is -2.48. The molecule has 0 radical (unpaired) electrons. The van der Waals surface area contributed by atoms with E-state index >= 15 is 0 Å². The molecule has 122 valence electrons. The van der Waals surface area contributed by atoms with Gasteiger partial charge >= 0.3 is 0 Å². The Labute approximate surface area is 134 Å². The predicted octanol–water partition coefficient (Wildman–Crippen LogP) is 1.37. The molecule has 2 atom stereocenters. The summed E-state index contributed by atoms with van der Waals surface area (Å²) in [7, 11) is -3.56. The fourth-order valence-electron chi connectivity index (χ4n) is 1.88. The second-order valence-corrected chi connectivity index (χ2v) is 7.55. The van der Waals surface area contributed by atoms with Crippen molar-refractivity contribution in [1.29, 1.82) is 0 Å². The maximum Gasteiger partial charge on any atom is 0.251 e. The van der Waals surface area contributed by atoms with Crippen molar-refractivity contribution in [2.45, 2.75) is 31.2 Å². The van der Waals surface area contributed by atoms with Crippen LogP contribution in [0.1, 0.15) is 30.6 Å². The van der Waals surface area contributed by atoms with E-state index in [2.05, 4.69) is 5.32 Å². The van der Waals surface area contributed by atoms with E-state index < -0.39 is 27.7 Å². The van der Waals surface area contributed by atoms with Crippen LogP contribution in [0.25, 0.3) is 0 Å². The van der Waals surface area contributed by atoms with Crippen LogP contribution >= 0.6 is 11.6 Å². The Morgan fingerprint density at radius 1 is 1.36 bits per heavy atom. The second-order valence-electron chi connectivity index (χ2n) is 5.16. The van der Waals surface area contributed by atoms with Gasteiger partial charge in [-0.05, 0) is 24.1 Å². The Hall–Kier alpha value is -1.60. The molecule has 1 aromatic rings. The van der Waals surface area contributed by atoms with Crippen LogP contribution in [0.15, 0.2) is 23.1 Å². The summed E-state index contributed by atoms with van der Waals surface area (Å²) in [5.74, 6) is -1.35. The molecular weight excluding hydrogens is 328 g/mol. The van der Waals surface area contributed by atoms with Gasteiger partial charge in [0.25, 0.3) is 5.91 Å². The van der Waals surface area contributed by atoms with Crippen molar-refractivity contribution in [3.8, 4) is 0 Å². The molecule has 6 nitrogen and oxygen atoms in total. The average Bonchev–Trinajstić information content (AvgIpc) is 2.42. The first kappa shape index (κ1) is 18.4. The minimum atomic E-state index is -3.56. The SMILES string of the molecule is CCC(C)C(NC(=O)c1ccc(Cl)c(S(C)(=O)=O)c1)C(N)=O. The minimum Gasteiger partial charge on any atom is -0.368 e. The summed E-state index contributed by atoms with van der Waals surface area (Å²) in [6, 6.07) is 3.08. The number of nitrogens with one attached hydrogen (secondary N) is 1. The number of halogens is 1. The van der Waals surface area contributed by atoms with E-state index in [0.717, 1.165) is 6.26 Å². The third kappa shape index (κ3) is 4.45. The minimum absolute atomic E-state index is 0.0347. The maximum absolute atomic E-state index is 12.2. The molecule has 0 aliphatic carbocycles. The van der Waals surface area contributed by atoms with Crippen LogP contribution in [0.2, 0.25) is 5.02 Å². The number of hydrogen-bond donors (Lipinski definition) is 2. The molecule has 2 unspecified atom stereocenters. The van der Waals surface area contributed by atoms with Crippen LogP contribution in [0, 0.1) is 5.92 Å². The summed E-state index contributed by atoms with van der Waals surface area (Å²) in [4.78, 5) is 23.5. The van der Waals surface area contributed by atoms with Gasteiger partial charge in [-0.2, -0.15) is 0 Å². The van der Waals surface area contributed by atoms with Crippen molar-refractivity contribution < 1.29 is 18.0 Å². The summed E-state index contributed by atoms with van der Waals surface area (Å²) in [6.45, 7) is 3.66. The van der Waals surface area contributed by atoms with E-state index in [1.165, 1.54) is 18.2 Å². The lowest BCUT2D eigenvalue weighted by molar-refractivity contribution is -0.120. The van der Waals surface area contributed by atoms with Crippen molar-refractivity contribution in [2.24, 2.45) is 11.7 Å². The lowest BCUT2D eigenvalue weighted by Gasteiger charge is -2.21. The first-order valence-electron chi connectivity index (χ1n) is 6.67. The number of nitrogens with two attached hydrogens (primary N) is 1. The zero-order valence-corrected chi connectivity index (χ0v) is 14.2. The molecule has 8 heteroatoms. The van der Waals surface area contributed by atoms with E-state index in [9.17, 15) is 18.0 Å². The fourth-order valence-corrected chi connectivity index (χ4v) is 3.18. The Kier molecular flexibility index (Phi) is 5.96. The molecule has 0 fully saturated rings. The smallest absolute Gasteiger partial charge is 0.251 e. The normalized spacial score (nSPS) is 14.2. The van der Waals surface area contributed by atoms with Crippen molar-refractivity contribution in [3.05, 3.63) is 28.8 Å². The Morgan fingerprint density at radius 2 is 1.95 bits per heavy atom. The molecule has 0 aromatic heterocycles. The van der Waals surface area contributed by atoms with Gasteiger partial charge < -0.3 is 11.1 Å². The van der Waals surface area contributed by atoms with Gasteiger partial charge in [-0.15, -0.1) is 0 Å². The van der Waals surface area contributed by atoms with Crippen LogP contribution in [0.3, 0.4) is 0 Å². The van der Waals surface area contributed by atoms with Gasteiger partial charge in [0.05, 0.1) is 9.92 Å². The fraction of sp³-hybridized carbons (Fsp3) is 0.429. The summed E-state index contributed by atoms with van der Waals surface area (Å²) in [5.41, 5.74) is 5.39. The number of primary amides is 1. The number of sulfone groups is 1. The molecule has 0 spiro atoms. The van der Waals surface area contributed by atoms with E-state index in [0.29, 0.717) is 6.42 Å². The Morgan fingerprint density at radius 3 is 2.41 bits per heavy atom. The standard InChI is InChI=1S/C14H19ClN2O4S/c1-4-8(2)12(13(16)18)17-14(19)9-5-6-10(15)11(7-9)22(3,20)21/h5-8,12H,4H2,1-3H3,(H2,16,18)(H,17,19). The summed E-state index contributed by atoms with van der Waals surface area (Å²) in [5, 5.41) is 2.56. The lowest BCUT2D eigenvalue weighted by atomic mass is 9.98. The van der Waals surface area contributed by atoms with E-state index in [1.54, 1.807) is 6.92 Å². The van der Waals surface area contributed by atoms with E-state index in [4.69, 9.17) is 17.3 Å². The average molecular weight is 347 g/mol. The monoisotopic (exact) mass is 346 g/mol. The van der Waals surface area contributed by atoms with Gasteiger partial charge in [-0.1, -0.05) is 31.9 Å². The maximum atomic E-state index is 12.2. The van der Waals surface area contributed by atoms with Crippen molar-refractivity contribution in [1.82, 2.24) is 5.32 Å². The number of hydrogen-bond acceptors (Lipinski definition) is 4. The Bertz CT molecular complexity index is 688. The highest BCUT2D eigenvalue weighted by Crippen LogP contribution is 2.22. The molecule has 0 saturated carbocycles. The van der Waals surface area contributed by atoms with E-state index in [1.807, 2.05) is 6.92 Å². The zero-order valence-electron chi connectivity index (χ0n) is 12.6. The van der Waals surface area contributed by atoms with Gasteiger partial charge in [-0.3, -0.25) is 9.59 Å². The molecule has 2 amide bonds. The number of carbonyl (C=O) groups excluding carboxylic acids is 2. The first-order valence-corrected chi connectivity index (χ1v) is 8.94. The van der Waals surface area contributed by atoms with Crippen LogP contribution in [0.5, 0.6) is 0 Å². The van der Waals surface area contributed by atoms with Crippen molar-refractivity contribution in [3.63, 3.8) is 0 Å². The highest BCUT2D eigenvalue weighted by atomic mass is 35.5. The number of carbonyl (C=O) groups is 2. The van der Waals surface area contributed by atoms with Crippen molar-refractivity contribution in [2.75, 3.05) is 6.26 Å². The highest BCUT2D eigenvalue weighted by molar-refractivity contribution is 7.90. The molecule has 1 aromatic carbocycles. The molecule has 3 N–H and O–H groups in total. The van der Waals surface area contributed by atoms with Crippen LogP contribution in [-0.2, 0) is 14.6 Å². The molecule has 0 heterocycles. The van der Waals surface area contributed by atoms with Crippen LogP contribution in [-0.4, -0.2) is 32.5 Å². The molecule has 22 heavy (non-hydrogen) atoms. The summed E-state index contributed by atoms with van der Waals surface area (Å²) in [6.07, 6.45) is 1.66. The topological polar surface area (TPSA) is 106 Å². The molecule has 0 aliphatic heterocycles. The van der Waals surface area contributed by atoms with Gasteiger partial charge in [0, 0.05) is 11.8 Å². The van der Waals surface area contributed by atoms with Gasteiger partial charge in [0.15, 0.2) is 9.84 Å². The van der Waals surface area contributed by atoms with Gasteiger partial charge in [-0.25, -0.2) is 8.42 Å². The van der Waals surface area contributed by atoms with Crippen molar-refractivity contribution >= 4 is 33.3 Å². The number of amides is 2. The quantitative estimate of drug-likeness (QED) is 0.811. The third-order valence-corrected chi connectivity index (χ3v) is 4.98. The number of rotatable bonds is 6. The molecule has 0 aliphatic rings. The predicted molar refractivity (Wildman–Crippen MR) is 84.5 cm³/mol. The largest absolute Gasteiger partial charge is 0.368 e. The van der Waals surface area contributed by atoms with Crippen LogP contribution in [0.4, 0.5) is 0 Å². The molecule has 1 rings (SSSR count).